The highest BCUT2D eigenvalue weighted by Crippen LogP contribution is 2.39. The zero-order valence-corrected chi connectivity index (χ0v) is 14.0. The van der Waals surface area contributed by atoms with E-state index in [1.54, 1.807) is 11.8 Å². The fourth-order valence-corrected chi connectivity index (χ4v) is 4.44. The van der Waals surface area contributed by atoms with Gasteiger partial charge in [-0.05, 0) is 37.0 Å². The third-order valence-corrected chi connectivity index (χ3v) is 5.97. The van der Waals surface area contributed by atoms with E-state index in [9.17, 15) is 9.59 Å². The van der Waals surface area contributed by atoms with Gasteiger partial charge < -0.3 is 10.0 Å². The lowest BCUT2D eigenvalue weighted by molar-refractivity contribution is -0.140. The first-order valence-corrected chi connectivity index (χ1v) is 9.12. The van der Waals surface area contributed by atoms with Crippen molar-refractivity contribution in [2.24, 2.45) is 11.3 Å². The van der Waals surface area contributed by atoms with E-state index >= 15 is 0 Å². The summed E-state index contributed by atoms with van der Waals surface area (Å²) in [7, 11) is 0. The van der Waals surface area contributed by atoms with Crippen molar-refractivity contribution in [3.63, 3.8) is 0 Å². The average molecular weight is 313 g/mol. The van der Waals surface area contributed by atoms with Crippen LogP contribution in [0.3, 0.4) is 0 Å². The largest absolute Gasteiger partial charge is 0.481 e. The van der Waals surface area contributed by atoms with E-state index in [4.69, 9.17) is 5.11 Å². The molecule has 2 rings (SSSR count). The van der Waals surface area contributed by atoms with Crippen LogP contribution in [0.15, 0.2) is 0 Å². The first-order valence-electron chi connectivity index (χ1n) is 7.96. The quantitative estimate of drug-likeness (QED) is 0.867. The minimum Gasteiger partial charge on any atom is -0.481 e. The molecule has 0 spiro atoms. The molecule has 1 saturated heterocycles. The molecule has 1 aliphatic heterocycles. The smallest absolute Gasteiger partial charge is 0.305 e. The van der Waals surface area contributed by atoms with Crippen LogP contribution >= 0.6 is 11.8 Å². The summed E-state index contributed by atoms with van der Waals surface area (Å²) in [6, 6.07) is -0.117. The first kappa shape index (κ1) is 16.7. The number of carbonyl (C=O) groups excluding carboxylic acids is 1. The van der Waals surface area contributed by atoms with Crippen molar-refractivity contribution in [3.05, 3.63) is 0 Å². The highest BCUT2D eigenvalue weighted by atomic mass is 32.2. The number of thioether (sulfide) groups is 1. The van der Waals surface area contributed by atoms with E-state index in [-0.39, 0.29) is 18.4 Å². The molecule has 4 nitrogen and oxygen atoms in total. The van der Waals surface area contributed by atoms with Crippen molar-refractivity contribution in [1.29, 1.82) is 0 Å². The Morgan fingerprint density at radius 2 is 1.90 bits per heavy atom. The van der Waals surface area contributed by atoms with Gasteiger partial charge in [0.25, 0.3) is 0 Å². The Labute approximate surface area is 131 Å². The fourth-order valence-electron chi connectivity index (χ4n) is 3.38. The highest BCUT2D eigenvalue weighted by molar-refractivity contribution is 7.99. The molecule has 1 unspecified atom stereocenters. The van der Waals surface area contributed by atoms with Gasteiger partial charge in [-0.15, -0.1) is 0 Å². The molecule has 1 saturated carbocycles. The number of carboxylic acids is 1. The standard InChI is InChI=1S/C16H27NO3S/c1-16(2)5-3-12(4-6-16)9-14(18)17-7-8-21-11-13(17)10-15(19)20/h12-13H,3-11H2,1-2H3,(H,19,20). The summed E-state index contributed by atoms with van der Waals surface area (Å²) in [4.78, 5) is 25.3. The maximum atomic E-state index is 12.5. The molecule has 1 atom stereocenters. The van der Waals surface area contributed by atoms with Gasteiger partial charge in [0.05, 0.1) is 12.5 Å². The summed E-state index contributed by atoms with van der Waals surface area (Å²) in [6.07, 6.45) is 5.34. The maximum Gasteiger partial charge on any atom is 0.305 e. The van der Waals surface area contributed by atoms with Crippen LogP contribution in [0, 0.1) is 11.3 Å². The van der Waals surface area contributed by atoms with Crippen molar-refractivity contribution in [2.75, 3.05) is 18.1 Å². The van der Waals surface area contributed by atoms with Gasteiger partial charge in [0.15, 0.2) is 0 Å². The Morgan fingerprint density at radius 3 is 2.52 bits per heavy atom. The van der Waals surface area contributed by atoms with E-state index in [1.165, 1.54) is 12.8 Å². The Hall–Kier alpha value is -0.710. The number of aliphatic carboxylic acids is 1. The Balaban J connectivity index is 1.87. The van der Waals surface area contributed by atoms with E-state index in [0.29, 0.717) is 24.3 Å². The number of amides is 1. The van der Waals surface area contributed by atoms with Crippen LogP contribution in [0.4, 0.5) is 0 Å². The van der Waals surface area contributed by atoms with E-state index in [2.05, 4.69) is 13.8 Å². The Bertz CT molecular complexity index is 387. The molecule has 5 heteroatoms. The molecular formula is C16H27NO3S. The molecule has 0 aromatic carbocycles. The first-order chi connectivity index (χ1) is 9.87. The zero-order chi connectivity index (χ0) is 15.5. The maximum absolute atomic E-state index is 12.5. The monoisotopic (exact) mass is 313 g/mol. The second-order valence-corrected chi connectivity index (χ2v) is 8.38. The lowest BCUT2D eigenvalue weighted by Gasteiger charge is -2.38. The predicted molar refractivity (Wildman–Crippen MR) is 85.4 cm³/mol. The summed E-state index contributed by atoms with van der Waals surface area (Å²) >= 11 is 1.75. The third-order valence-electron chi connectivity index (χ3n) is 4.88. The molecule has 1 amide bonds. The summed E-state index contributed by atoms with van der Waals surface area (Å²) < 4.78 is 0. The minimum atomic E-state index is -0.806. The van der Waals surface area contributed by atoms with E-state index < -0.39 is 5.97 Å². The normalized spacial score (nSPS) is 26.6. The zero-order valence-electron chi connectivity index (χ0n) is 13.1. The second kappa shape index (κ2) is 7.03. The average Bonchev–Trinajstić information content (AvgIpc) is 2.41. The van der Waals surface area contributed by atoms with Crippen LogP contribution in [-0.4, -0.2) is 46.0 Å². The lowest BCUT2D eigenvalue weighted by atomic mass is 9.72. The topological polar surface area (TPSA) is 57.6 Å². The van der Waals surface area contributed by atoms with Crippen LogP contribution in [0.25, 0.3) is 0 Å². The number of nitrogens with zero attached hydrogens (tertiary/aromatic N) is 1. The molecule has 2 aliphatic rings. The van der Waals surface area contributed by atoms with Crippen LogP contribution in [0.1, 0.15) is 52.4 Å². The molecule has 1 aliphatic carbocycles. The predicted octanol–water partition coefficient (Wildman–Crippen LogP) is 3.01. The number of hydrogen-bond acceptors (Lipinski definition) is 3. The fraction of sp³-hybridized carbons (Fsp3) is 0.875. The van der Waals surface area contributed by atoms with Crippen molar-refractivity contribution in [3.8, 4) is 0 Å². The van der Waals surface area contributed by atoms with Crippen molar-refractivity contribution < 1.29 is 14.7 Å². The van der Waals surface area contributed by atoms with Gasteiger partial charge in [-0.25, -0.2) is 0 Å². The Kier molecular flexibility index (Phi) is 5.58. The lowest BCUT2D eigenvalue weighted by Crippen LogP contribution is -2.47. The molecule has 0 aromatic heterocycles. The number of rotatable bonds is 4. The van der Waals surface area contributed by atoms with Gasteiger partial charge in [0, 0.05) is 24.5 Å². The van der Waals surface area contributed by atoms with Gasteiger partial charge in [0.1, 0.15) is 0 Å². The number of carbonyl (C=O) groups is 2. The van der Waals surface area contributed by atoms with Gasteiger partial charge in [-0.3, -0.25) is 9.59 Å². The second-order valence-electron chi connectivity index (χ2n) is 7.23. The van der Waals surface area contributed by atoms with Crippen LogP contribution in [-0.2, 0) is 9.59 Å². The van der Waals surface area contributed by atoms with E-state index in [1.807, 2.05) is 4.90 Å². The molecule has 0 radical (unpaired) electrons. The third kappa shape index (κ3) is 4.90. The molecule has 1 heterocycles. The van der Waals surface area contributed by atoms with Crippen molar-refractivity contribution >= 4 is 23.6 Å². The van der Waals surface area contributed by atoms with Gasteiger partial charge in [0.2, 0.25) is 5.91 Å². The van der Waals surface area contributed by atoms with Crippen molar-refractivity contribution in [2.45, 2.75) is 58.4 Å². The number of carboxylic acid groups (broad SMARTS) is 1. The molecule has 21 heavy (non-hydrogen) atoms. The SMILES string of the molecule is CC1(C)CCC(CC(=O)N2CCSCC2CC(=O)O)CC1. The molecule has 0 aromatic rings. The van der Waals surface area contributed by atoms with Crippen molar-refractivity contribution in [1.82, 2.24) is 4.90 Å². The number of hydrogen-bond donors (Lipinski definition) is 1. The molecule has 120 valence electrons. The summed E-state index contributed by atoms with van der Waals surface area (Å²) in [6.45, 7) is 5.31. The summed E-state index contributed by atoms with van der Waals surface area (Å²) in [5, 5.41) is 9.00. The summed E-state index contributed by atoms with van der Waals surface area (Å²) in [5.41, 5.74) is 0.424. The van der Waals surface area contributed by atoms with Gasteiger partial charge in [-0.2, -0.15) is 11.8 Å². The molecule has 2 fully saturated rings. The van der Waals surface area contributed by atoms with E-state index in [0.717, 1.165) is 24.3 Å². The minimum absolute atomic E-state index is 0.0798. The van der Waals surface area contributed by atoms with Crippen LogP contribution in [0.2, 0.25) is 0 Å². The van der Waals surface area contributed by atoms with Crippen LogP contribution in [0.5, 0.6) is 0 Å². The molecule has 0 bridgehead atoms. The highest BCUT2D eigenvalue weighted by Gasteiger charge is 2.32. The van der Waals surface area contributed by atoms with Gasteiger partial charge >= 0.3 is 5.97 Å². The molecular weight excluding hydrogens is 286 g/mol. The van der Waals surface area contributed by atoms with Crippen LogP contribution < -0.4 is 0 Å². The Morgan fingerprint density at radius 1 is 1.24 bits per heavy atom. The molecule has 1 N–H and O–H groups in total. The van der Waals surface area contributed by atoms with Gasteiger partial charge in [-0.1, -0.05) is 13.8 Å². The summed E-state index contributed by atoms with van der Waals surface area (Å²) in [5.74, 6) is 1.55.